The quantitative estimate of drug-likeness (QED) is 0.912. The first-order valence-electron chi connectivity index (χ1n) is 6.51. The Kier molecular flexibility index (Phi) is 4.22. The first-order chi connectivity index (χ1) is 9.03. The number of fused-ring (bicyclic) bond motifs is 1. The topological polar surface area (TPSA) is 46.2 Å². The van der Waals surface area contributed by atoms with Crippen molar-refractivity contribution in [2.75, 3.05) is 6.54 Å². The van der Waals surface area contributed by atoms with E-state index in [1.54, 1.807) is 12.1 Å². The Hall–Kier alpha value is -1.39. The van der Waals surface area contributed by atoms with Crippen LogP contribution < -0.4 is 4.72 Å². The first-order valence-corrected chi connectivity index (χ1v) is 7.99. The van der Waals surface area contributed by atoms with Crippen molar-refractivity contribution in [2.45, 2.75) is 25.2 Å². The van der Waals surface area contributed by atoms with E-state index in [2.05, 4.69) is 11.6 Å². The van der Waals surface area contributed by atoms with Crippen LogP contribution in [0.2, 0.25) is 0 Å². The predicted octanol–water partition coefficient (Wildman–Crippen LogP) is 3.16. The zero-order valence-corrected chi connectivity index (χ0v) is 12.1. The van der Waals surface area contributed by atoms with Gasteiger partial charge in [-0.05, 0) is 28.8 Å². The van der Waals surface area contributed by atoms with Crippen LogP contribution >= 0.6 is 0 Å². The highest BCUT2D eigenvalue weighted by Crippen LogP contribution is 2.18. The fraction of sp³-hybridized carbons (Fsp3) is 0.333. The molecule has 0 bridgehead atoms. The molecule has 0 aliphatic carbocycles. The zero-order valence-electron chi connectivity index (χ0n) is 11.3. The zero-order chi connectivity index (χ0) is 13.9. The maximum atomic E-state index is 12.2. The minimum atomic E-state index is -3.41. The monoisotopic (exact) mass is 277 g/mol. The molecular formula is C15H19NO2S. The van der Waals surface area contributed by atoms with Crippen LogP contribution in [-0.4, -0.2) is 15.0 Å². The summed E-state index contributed by atoms with van der Waals surface area (Å²) in [6.07, 6.45) is 0.959. The molecule has 4 heteroatoms. The van der Waals surface area contributed by atoms with Gasteiger partial charge in [0, 0.05) is 6.54 Å². The van der Waals surface area contributed by atoms with Gasteiger partial charge in [0.2, 0.25) is 10.0 Å². The van der Waals surface area contributed by atoms with E-state index >= 15 is 0 Å². The molecular weight excluding hydrogens is 258 g/mol. The Morgan fingerprint density at radius 3 is 2.47 bits per heavy atom. The molecule has 1 atom stereocenters. The molecule has 1 N–H and O–H groups in total. The molecule has 2 aromatic carbocycles. The average molecular weight is 277 g/mol. The van der Waals surface area contributed by atoms with Crippen molar-refractivity contribution in [2.24, 2.45) is 5.92 Å². The summed E-state index contributed by atoms with van der Waals surface area (Å²) in [4.78, 5) is 0.328. The first kappa shape index (κ1) is 14.0. The summed E-state index contributed by atoms with van der Waals surface area (Å²) in [6.45, 7) is 4.56. The SMILES string of the molecule is CCC(C)CNS(=O)(=O)c1ccc2ccccc2c1. The van der Waals surface area contributed by atoms with Gasteiger partial charge >= 0.3 is 0 Å². The van der Waals surface area contributed by atoms with Crippen LogP contribution in [0.25, 0.3) is 10.8 Å². The molecule has 0 aliphatic heterocycles. The number of sulfonamides is 1. The van der Waals surface area contributed by atoms with Crippen LogP contribution in [0, 0.1) is 5.92 Å². The van der Waals surface area contributed by atoms with E-state index < -0.39 is 10.0 Å². The van der Waals surface area contributed by atoms with Crippen molar-refractivity contribution in [3.8, 4) is 0 Å². The summed E-state index contributed by atoms with van der Waals surface area (Å²) in [5, 5.41) is 1.98. The number of nitrogens with one attached hydrogen (secondary N) is 1. The Balaban J connectivity index is 2.27. The second-order valence-electron chi connectivity index (χ2n) is 4.87. The van der Waals surface area contributed by atoms with Gasteiger partial charge in [-0.15, -0.1) is 0 Å². The molecule has 0 amide bonds. The summed E-state index contributed by atoms with van der Waals surface area (Å²) in [5.41, 5.74) is 0. The van der Waals surface area contributed by atoms with Crippen molar-refractivity contribution in [1.29, 1.82) is 0 Å². The van der Waals surface area contributed by atoms with Gasteiger partial charge in [-0.25, -0.2) is 13.1 Å². The van der Waals surface area contributed by atoms with Gasteiger partial charge < -0.3 is 0 Å². The highest BCUT2D eigenvalue weighted by molar-refractivity contribution is 7.89. The van der Waals surface area contributed by atoms with Gasteiger partial charge in [-0.3, -0.25) is 0 Å². The fourth-order valence-electron chi connectivity index (χ4n) is 1.81. The maximum absolute atomic E-state index is 12.2. The molecule has 0 fully saturated rings. The van der Waals surface area contributed by atoms with Gasteiger partial charge in [-0.1, -0.05) is 50.6 Å². The smallest absolute Gasteiger partial charge is 0.211 e. The predicted molar refractivity (Wildman–Crippen MR) is 78.6 cm³/mol. The molecule has 2 rings (SSSR count). The molecule has 0 aromatic heterocycles. The normalized spacial score (nSPS) is 13.6. The Bertz CT molecular complexity index is 665. The molecule has 0 spiro atoms. The van der Waals surface area contributed by atoms with Crippen molar-refractivity contribution in [3.05, 3.63) is 42.5 Å². The van der Waals surface area contributed by atoms with Crippen molar-refractivity contribution in [1.82, 2.24) is 4.72 Å². The lowest BCUT2D eigenvalue weighted by Gasteiger charge is -2.11. The van der Waals surface area contributed by atoms with E-state index in [1.165, 1.54) is 0 Å². The van der Waals surface area contributed by atoms with E-state index in [1.807, 2.05) is 37.3 Å². The lowest BCUT2D eigenvalue weighted by atomic mass is 10.1. The number of benzene rings is 2. The third-order valence-electron chi connectivity index (χ3n) is 3.35. The highest BCUT2D eigenvalue weighted by atomic mass is 32.2. The molecule has 102 valence electrons. The minimum absolute atomic E-state index is 0.328. The number of hydrogen-bond acceptors (Lipinski definition) is 2. The van der Waals surface area contributed by atoms with Gasteiger partial charge in [-0.2, -0.15) is 0 Å². The third kappa shape index (κ3) is 3.33. The van der Waals surface area contributed by atoms with E-state index in [-0.39, 0.29) is 0 Å². The Morgan fingerprint density at radius 1 is 1.11 bits per heavy atom. The van der Waals surface area contributed by atoms with Gasteiger partial charge in [0.05, 0.1) is 4.90 Å². The summed E-state index contributed by atoms with van der Waals surface area (Å²) in [7, 11) is -3.41. The van der Waals surface area contributed by atoms with Crippen LogP contribution in [-0.2, 0) is 10.0 Å². The molecule has 19 heavy (non-hydrogen) atoms. The lowest BCUT2D eigenvalue weighted by Crippen LogP contribution is -2.28. The van der Waals surface area contributed by atoms with Gasteiger partial charge in [0.15, 0.2) is 0 Å². The maximum Gasteiger partial charge on any atom is 0.240 e. The minimum Gasteiger partial charge on any atom is -0.211 e. The fourth-order valence-corrected chi connectivity index (χ4v) is 3.01. The van der Waals surface area contributed by atoms with Crippen LogP contribution in [0.15, 0.2) is 47.4 Å². The highest BCUT2D eigenvalue weighted by Gasteiger charge is 2.14. The molecule has 0 radical (unpaired) electrons. The largest absolute Gasteiger partial charge is 0.240 e. The Morgan fingerprint density at radius 2 is 1.79 bits per heavy atom. The third-order valence-corrected chi connectivity index (χ3v) is 4.77. The van der Waals surface area contributed by atoms with Crippen LogP contribution in [0.3, 0.4) is 0 Å². The molecule has 0 saturated carbocycles. The van der Waals surface area contributed by atoms with E-state index in [0.717, 1.165) is 17.2 Å². The molecule has 0 saturated heterocycles. The second-order valence-corrected chi connectivity index (χ2v) is 6.64. The standard InChI is InChI=1S/C15H19NO2S/c1-3-12(2)11-16-19(17,18)15-9-8-13-6-4-5-7-14(13)10-15/h4-10,12,16H,3,11H2,1-2H3. The molecule has 1 unspecified atom stereocenters. The lowest BCUT2D eigenvalue weighted by molar-refractivity contribution is 0.528. The number of hydrogen-bond donors (Lipinski definition) is 1. The van der Waals surface area contributed by atoms with Gasteiger partial charge in [0.1, 0.15) is 0 Å². The summed E-state index contributed by atoms with van der Waals surface area (Å²) < 4.78 is 27.0. The van der Waals surface area contributed by atoms with Crippen LogP contribution in [0.4, 0.5) is 0 Å². The van der Waals surface area contributed by atoms with Gasteiger partial charge in [0.25, 0.3) is 0 Å². The Labute approximate surface area is 114 Å². The van der Waals surface area contributed by atoms with Crippen molar-refractivity contribution < 1.29 is 8.42 Å². The average Bonchev–Trinajstić information content (AvgIpc) is 2.44. The van der Waals surface area contributed by atoms with Crippen molar-refractivity contribution in [3.63, 3.8) is 0 Å². The summed E-state index contributed by atoms with van der Waals surface area (Å²) in [6, 6.07) is 13.0. The second kappa shape index (κ2) is 5.72. The van der Waals surface area contributed by atoms with Crippen LogP contribution in [0.5, 0.6) is 0 Å². The molecule has 3 nitrogen and oxygen atoms in total. The summed E-state index contributed by atoms with van der Waals surface area (Å²) in [5.74, 6) is 0.343. The number of rotatable bonds is 5. The van der Waals surface area contributed by atoms with E-state index in [4.69, 9.17) is 0 Å². The van der Waals surface area contributed by atoms with E-state index in [9.17, 15) is 8.42 Å². The molecule has 0 aliphatic rings. The molecule has 0 heterocycles. The summed E-state index contributed by atoms with van der Waals surface area (Å²) >= 11 is 0. The van der Waals surface area contributed by atoms with E-state index in [0.29, 0.717) is 17.4 Å². The van der Waals surface area contributed by atoms with Crippen molar-refractivity contribution >= 4 is 20.8 Å². The van der Waals surface area contributed by atoms with Crippen LogP contribution in [0.1, 0.15) is 20.3 Å². The molecule has 2 aromatic rings.